The second-order valence-electron chi connectivity index (χ2n) is 6.31. The van der Waals surface area contributed by atoms with Crippen molar-refractivity contribution in [2.75, 3.05) is 20.2 Å². The van der Waals surface area contributed by atoms with E-state index >= 15 is 0 Å². The summed E-state index contributed by atoms with van der Waals surface area (Å²) < 4.78 is 28.1. The van der Waals surface area contributed by atoms with E-state index in [9.17, 15) is 13.2 Å². The van der Waals surface area contributed by atoms with Crippen LogP contribution in [0.25, 0.3) is 0 Å². The van der Waals surface area contributed by atoms with Crippen LogP contribution < -0.4 is 20.5 Å². The number of carbonyl (C=O) groups excluding carboxylic acids is 1. The predicted molar refractivity (Wildman–Crippen MR) is 96.2 cm³/mol. The van der Waals surface area contributed by atoms with E-state index < -0.39 is 10.0 Å². The molecule has 1 aliphatic rings. The summed E-state index contributed by atoms with van der Waals surface area (Å²) in [6.07, 6.45) is 7.46. The second kappa shape index (κ2) is 9.17. The summed E-state index contributed by atoms with van der Waals surface area (Å²) in [6, 6.07) is 4.50. The number of rotatable bonds is 7. The molecule has 25 heavy (non-hydrogen) atoms. The maximum absolute atomic E-state index is 12.4. The Morgan fingerprint density at radius 2 is 1.88 bits per heavy atom. The summed E-state index contributed by atoms with van der Waals surface area (Å²) in [5.74, 6) is -0.0772. The van der Waals surface area contributed by atoms with E-state index in [1.165, 1.54) is 63.8 Å². The molecule has 0 saturated heterocycles. The van der Waals surface area contributed by atoms with Gasteiger partial charge >= 0.3 is 0 Å². The van der Waals surface area contributed by atoms with Crippen LogP contribution in [0, 0.1) is 0 Å². The summed E-state index contributed by atoms with van der Waals surface area (Å²) in [6.45, 7) is 1.13. The molecule has 140 valence electrons. The van der Waals surface area contributed by atoms with Crippen molar-refractivity contribution >= 4 is 15.9 Å². The molecule has 1 aromatic rings. The molecule has 1 aliphatic carbocycles. The second-order valence-corrected chi connectivity index (χ2v) is 7.87. The zero-order valence-electron chi connectivity index (χ0n) is 14.6. The van der Waals surface area contributed by atoms with Gasteiger partial charge in [0.15, 0.2) is 0 Å². The molecule has 1 fully saturated rings. The lowest BCUT2D eigenvalue weighted by Crippen LogP contribution is -2.37. The first-order valence-corrected chi connectivity index (χ1v) is 10.2. The van der Waals surface area contributed by atoms with E-state index in [0.29, 0.717) is 24.9 Å². The average Bonchev–Trinajstić information content (AvgIpc) is 2.86. The lowest BCUT2D eigenvalue weighted by molar-refractivity contribution is 0.0950. The number of ether oxygens (including phenoxy) is 1. The monoisotopic (exact) mass is 369 g/mol. The number of carbonyl (C=O) groups is 1. The van der Waals surface area contributed by atoms with Gasteiger partial charge in [0.1, 0.15) is 5.75 Å². The van der Waals surface area contributed by atoms with Gasteiger partial charge in [-0.05, 0) is 31.0 Å². The van der Waals surface area contributed by atoms with E-state index in [-0.39, 0.29) is 16.4 Å². The van der Waals surface area contributed by atoms with Crippen LogP contribution in [0.1, 0.15) is 48.9 Å². The van der Waals surface area contributed by atoms with Gasteiger partial charge in [-0.1, -0.05) is 25.7 Å². The van der Waals surface area contributed by atoms with Gasteiger partial charge in [-0.2, -0.15) is 0 Å². The molecule has 0 unspecified atom stereocenters. The molecule has 4 N–H and O–H groups in total. The van der Waals surface area contributed by atoms with E-state index in [2.05, 4.69) is 10.6 Å². The third kappa shape index (κ3) is 5.98. The molecule has 0 radical (unpaired) electrons. The Morgan fingerprint density at radius 1 is 1.20 bits per heavy atom. The molecule has 0 aliphatic heterocycles. The summed E-state index contributed by atoms with van der Waals surface area (Å²) in [5.41, 5.74) is 0.156. The number of methoxy groups -OCH3 is 1. The molecule has 1 aromatic carbocycles. The Hall–Kier alpha value is -1.64. The van der Waals surface area contributed by atoms with Gasteiger partial charge in [0.05, 0.1) is 17.6 Å². The average molecular weight is 369 g/mol. The molecular weight excluding hydrogens is 342 g/mol. The fraction of sp³-hybridized carbons (Fsp3) is 0.588. The number of benzene rings is 1. The predicted octanol–water partition coefficient (Wildman–Crippen LogP) is 1.38. The van der Waals surface area contributed by atoms with Crippen molar-refractivity contribution in [3.63, 3.8) is 0 Å². The fourth-order valence-electron chi connectivity index (χ4n) is 3.07. The smallest absolute Gasteiger partial charge is 0.255 e. The molecule has 8 heteroatoms. The third-order valence-electron chi connectivity index (χ3n) is 4.44. The van der Waals surface area contributed by atoms with Crippen LogP contribution in [0.5, 0.6) is 5.75 Å². The van der Waals surface area contributed by atoms with Gasteiger partial charge in [0, 0.05) is 19.1 Å². The Balaban J connectivity index is 1.91. The van der Waals surface area contributed by atoms with Crippen molar-refractivity contribution in [1.82, 2.24) is 10.6 Å². The normalized spacial score (nSPS) is 16.2. The highest BCUT2D eigenvalue weighted by Gasteiger charge is 2.17. The van der Waals surface area contributed by atoms with E-state index in [4.69, 9.17) is 9.88 Å². The zero-order valence-corrected chi connectivity index (χ0v) is 15.4. The van der Waals surface area contributed by atoms with E-state index in [1.807, 2.05) is 0 Å². The molecule has 0 heterocycles. The Labute approximate surface area is 149 Å². The van der Waals surface area contributed by atoms with E-state index in [1.54, 1.807) is 0 Å². The number of primary sulfonamides is 1. The van der Waals surface area contributed by atoms with Gasteiger partial charge < -0.3 is 15.4 Å². The maximum Gasteiger partial charge on any atom is 0.255 e. The molecule has 1 saturated carbocycles. The van der Waals surface area contributed by atoms with Crippen LogP contribution in [0.15, 0.2) is 23.1 Å². The third-order valence-corrected chi connectivity index (χ3v) is 5.35. The summed E-state index contributed by atoms with van der Waals surface area (Å²) in [4.78, 5) is 12.2. The molecule has 0 bridgehead atoms. The number of hydrogen-bond donors (Lipinski definition) is 3. The number of hydrogen-bond acceptors (Lipinski definition) is 5. The summed E-state index contributed by atoms with van der Waals surface area (Å²) in [7, 11) is -2.45. The SMILES string of the molecule is COc1ccc(S(N)(=O)=O)cc1C(=O)NCCNC1CCCCCC1. The van der Waals surface area contributed by atoms with Gasteiger partial charge in [-0.15, -0.1) is 0 Å². The fourth-order valence-corrected chi connectivity index (χ4v) is 3.61. The largest absolute Gasteiger partial charge is 0.496 e. The van der Waals surface area contributed by atoms with Crippen molar-refractivity contribution in [2.24, 2.45) is 5.14 Å². The van der Waals surface area contributed by atoms with Crippen molar-refractivity contribution in [3.8, 4) is 5.75 Å². The van der Waals surface area contributed by atoms with Crippen LogP contribution in [0.2, 0.25) is 0 Å². The van der Waals surface area contributed by atoms with Crippen molar-refractivity contribution in [1.29, 1.82) is 0 Å². The maximum atomic E-state index is 12.4. The summed E-state index contributed by atoms with van der Waals surface area (Å²) >= 11 is 0. The van der Waals surface area contributed by atoms with Gasteiger partial charge in [0.25, 0.3) is 5.91 Å². The van der Waals surface area contributed by atoms with Crippen LogP contribution in [0.4, 0.5) is 0 Å². The highest BCUT2D eigenvalue weighted by molar-refractivity contribution is 7.89. The number of sulfonamides is 1. The molecule has 1 amide bonds. The Kier molecular flexibility index (Phi) is 7.22. The lowest BCUT2D eigenvalue weighted by Gasteiger charge is -2.16. The van der Waals surface area contributed by atoms with E-state index in [0.717, 1.165) is 0 Å². The molecule has 0 spiro atoms. The minimum absolute atomic E-state index is 0.116. The van der Waals surface area contributed by atoms with Crippen LogP contribution in [0.3, 0.4) is 0 Å². The number of nitrogens with two attached hydrogens (primary N) is 1. The van der Waals surface area contributed by atoms with Crippen LogP contribution >= 0.6 is 0 Å². The quantitative estimate of drug-likeness (QED) is 0.497. The molecule has 2 rings (SSSR count). The van der Waals surface area contributed by atoms with Crippen molar-refractivity contribution in [2.45, 2.75) is 49.5 Å². The highest BCUT2D eigenvalue weighted by Crippen LogP contribution is 2.22. The highest BCUT2D eigenvalue weighted by atomic mass is 32.2. The molecular formula is C17H27N3O4S. The lowest BCUT2D eigenvalue weighted by atomic mass is 10.1. The van der Waals surface area contributed by atoms with Crippen LogP contribution in [-0.2, 0) is 10.0 Å². The first-order valence-electron chi connectivity index (χ1n) is 8.64. The summed E-state index contributed by atoms with van der Waals surface area (Å²) in [5, 5.41) is 11.4. The zero-order chi connectivity index (χ0) is 18.3. The van der Waals surface area contributed by atoms with Gasteiger partial charge in [-0.25, -0.2) is 13.6 Å². The minimum atomic E-state index is -3.87. The first kappa shape index (κ1) is 19.7. The number of nitrogens with one attached hydrogen (secondary N) is 2. The number of amides is 1. The van der Waals surface area contributed by atoms with Crippen molar-refractivity contribution in [3.05, 3.63) is 23.8 Å². The van der Waals surface area contributed by atoms with Gasteiger partial charge in [0.2, 0.25) is 10.0 Å². The minimum Gasteiger partial charge on any atom is -0.496 e. The molecule has 0 atom stereocenters. The Morgan fingerprint density at radius 3 is 2.48 bits per heavy atom. The molecule has 0 aromatic heterocycles. The van der Waals surface area contributed by atoms with Crippen molar-refractivity contribution < 1.29 is 17.9 Å². The standard InChI is InChI=1S/C17H27N3O4S/c1-24-16-9-8-14(25(18,22)23)12-15(16)17(21)20-11-10-19-13-6-4-2-3-5-7-13/h8-9,12-13,19H,2-7,10-11H2,1H3,(H,20,21)(H2,18,22,23). The van der Waals surface area contributed by atoms with Gasteiger partial charge in [-0.3, -0.25) is 4.79 Å². The Bertz CT molecular complexity index is 683. The topological polar surface area (TPSA) is 111 Å². The first-order chi connectivity index (χ1) is 11.9. The van der Waals surface area contributed by atoms with Crippen LogP contribution in [-0.4, -0.2) is 40.6 Å². The molecule has 7 nitrogen and oxygen atoms in total.